The van der Waals surface area contributed by atoms with Gasteiger partial charge in [0.05, 0.1) is 6.54 Å². The second-order valence-corrected chi connectivity index (χ2v) is 6.49. The quantitative estimate of drug-likeness (QED) is 0.811. The van der Waals surface area contributed by atoms with Crippen LogP contribution in [-0.2, 0) is 13.6 Å². The number of aryl methyl sites for hydroxylation is 1. The molecule has 0 aromatic carbocycles. The third-order valence-corrected chi connectivity index (χ3v) is 4.93. The summed E-state index contributed by atoms with van der Waals surface area (Å²) in [5.74, 6) is 3.13. The number of rotatable bonds is 4. The molecule has 0 atom stereocenters. The predicted molar refractivity (Wildman–Crippen MR) is 92.0 cm³/mol. The van der Waals surface area contributed by atoms with Gasteiger partial charge in [-0.1, -0.05) is 0 Å². The van der Waals surface area contributed by atoms with Crippen LogP contribution in [-0.4, -0.2) is 68.9 Å². The number of hydrogen-bond donors (Lipinski definition) is 0. The highest BCUT2D eigenvalue weighted by atomic mass is 15.4. The molecule has 2 aromatic rings. The van der Waals surface area contributed by atoms with E-state index in [1.165, 1.54) is 12.8 Å². The first-order chi connectivity index (χ1) is 11.8. The summed E-state index contributed by atoms with van der Waals surface area (Å²) in [5, 5.41) is 4.14. The van der Waals surface area contributed by atoms with Crippen molar-refractivity contribution in [2.75, 3.05) is 49.1 Å². The molecule has 0 saturated carbocycles. The summed E-state index contributed by atoms with van der Waals surface area (Å²) in [6.45, 7) is 7.06. The summed E-state index contributed by atoms with van der Waals surface area (Å²) in [6, 6.07) is 2.14. The molecule has 2 saturated heterocycles. The lowest BCUT2D eigenvalue weighted by molar-refractivity contribution is 0.240. The van der Waals surface area contributed by atoms with E-state index in [1.807, 2.05) is 11.7 Å². The summed E-state index contributed by atoms with van der Waals surface area (Å²) in [6.07, 6.45) is 5.85. The third-order valence-electron chi connectivity index (χ3n) is 4.93. The van der Waals surface area contributed by atoms with Crippen LogP contribution in [0.4, 0.5) is 11.6 Å². The monoisotopic (exact) mass is 328 g/mol. The normalized spacial score (nSPS) is 19.2. The average molecular weight is 328 g/mol. The molecule has 0 spiro atoms. The van der Waals surface area contributed by atoms with Crippen LogP contribution in [0.5, 0.6) is 0 Å². The molecule has 4 heterocycles. The first-order valence-corrected chi connectivity index (χ1v) is 8.67. The van der Waals surface area contributed by atoms with Crippen LogP contribution in [0.3, 0.4) is 0 Å². The maximum atomic E-state index is 4.49. The SMILES string of the molecule is Cn1ncnc1CN1CCN(c2cc(N3CCCC3)ncn2)CC1. The molecule has 2 fully saturated rings. The topological polar surface area (TPSA) is 66.2 Å². The van der Waals surface area contributed by atoms with Crippen LogP contribution in [0.25, 0.3) is 0 Å². The van der Waals surface area contributed by atoms with E-state index >= 15 is 0 Å². The first kappa shape index (κ1) is 15.3. The van der Waals surface area contributed by atoms with Gasteiger partial charge in [0.15, 0.2) is 0 Å². The molecule has 8 heteroatoms. The molecule has 2 aromatic heterocycles. The average Bonchev–Trinajstić information content (AvgIpc) is 3.28. The van der Waals surface area contributed by atoms with Crippen molar-refractivity contribution in [3.63, 3.8) is 0 Å². The fourth-order valence-corrected chi connectivity index (χ4v) is 3.43. The second-order valence-electron chi connectivity index (χ2n) is 6.49. The van der Waals surface area contributed by atoms with E-state index in [0.717, 1.165) is 63.3 Å². The molecular formula is C16H24N8. The highest BCUT2D eigenvalue weighted by Crippen LogP contribution is 2.22. The molecule has 24 heavy (non-hydrogen) atoms. The van der Waals surface area contributed by atoms with Gasteiger partial charge in [-0.25, -0.2) is 15.0 Å². The Labute approximate surface area is 142 Å². The van der Waals surface area contributed by atoms with Gasteiger partial charge in [0.25, 0.3) is 0 Å². The lowest BCUT2D eigenvalue weighted by atomic mass is 10.3. The molecule has 0 radical (unpaired) electrons. The molecule has 0 bridgehead atoms. The molecule has 0 N–H and O–H groups in total. The minimum atomic E-state index is 0.854. The fourth-order valence-electron chi connectivity index (χ4n) is 3.43. The Morgan fingerprint density at radius 3 is 2.12 bits per heavy atom. The highest BCUT2D eigenvalue weighted by molar-refractivity contribution is 5.50. The lowest BCUT2D eigenvalue weighted by Gasteiger charge is -2.35. The van der Waals surface area contributed by atoms with Gasteiger partial charge in [-0.15, -0.1) is 0 Å². The molecule has 128 valence electrons. The van der Waals surface area contributed by atoms with Crippen LogP contribution in [0.1, 0.15) is 18.7 Å². The molecule has 4 rings (SSSR count). The van der Waals surface area contributed by atoms with Gasteiger partial charge in [-0.3, -0.25) is 9.58 Å². The second kappa shape index (κ2) is 6.72. The molecular weight excluding hydrogens is 304 g/mol. The zero-order chi connectivity index (χ0) is 16.4. The Bertz CT molecular complexity index is 670. The van der Waals surface area contributed by atoms with Crippen molar-refractivity contribution in [3.8, 4) is 0 Å². The summed E-state index contributed by atoms with van der Waals surface area (Å²) >= 11 is 0. The molecule has 2 aliphatic heterocycles. The van der Waals surface area contributed by atoms with Gasteiger partial charge >= 0.3 is 0 Å². The van der Waals surface area contributed by atoms with Gasteiger partial charge < -0.3 is 9.80 Å². The van der Waals surface area contributed by atoms with E-state index in [-0.39, 0.29) is 0 Å². The number of anilines is 2. The van der Waals surface area contributed by atoms with E-state index in [9.17, 15) is 0 Å². The van der Waals surface area contributed by atoms with Crippen molar-refractivity contribution in [2.45, 2.75) is 19.4 Å². The molecule has 0 aliphatic carbocycles. The highest BCUT2D eigenvalue weighted by Gasteiger charge is 2.21. The Kier molecular flexibility index (Phi) is 4.29. The summed E-state index contributed by atoms with van der Waals surface area (Å²) < 4.78 is 1.85. The van der Waals surface area contributed by atoms with Gasteiger partial charge in [-0.05, 0) is 12.8 Å². The van der Waals surface area contributed by atoms with E-state index in [2.05, 4.69) is 40.8 Å². The Balaban J connectivity index is 1.37. The molecule has 0 unspecified atom stereocenters. The number of nitrogens with zero attached hydrogens (tertiary/aromatic N) is 8. The van der Waals surface area contributed by atoms with Gasteiger partial charge in [-0.2, -0.15) is 5.10 Å². The Hall–Kier alpha value is -2.22. The Morgan fingerprint density at radius 2 is 1.50 bits per heavy atom. The van der Waals surface area contributed by atoms with E-state index in [1.54, 1.807) is 12.7 Å². The maximum absolute atomic E-state index is 4.49. The van der Waals surface area contributed by atoms with Crippen LogP contribution in [0.15, 0.2) is 18.7 Å². The molecule has 0 amide bonds. The summed E-state index contributed by atoms with van der Waals surface area (Å²) in [4.78, 5) is 20.4. The zero-order valence-electron chi connectivity index (χ0n) is 14.2. The summed E-state index contributed by atoms with van der Waals surface area (Å²) in [7, 11) is 1.94. The predicted octanol–water partition coefficient (Wildman–Crippen LogP) is 0.528. The largest absolute Gasteiger partial charge is 0.356 e. The molecule has 8 nitrogen and oxygen atoms in total. The van der Waals surface area contributed by atoms with Crippen molar-refractivity contribution in [2.24, 2.45) is 7.05 Å². The first-order valence-electron chi connectivity index (χ1n) is 8.67. The van der Waals surface area contributed by atoms with Gasteiger partial charge in [0, 0.05) is 52.4 Å². The van der Waals surface area contributed by atoms with Crippen molar-refractivity contribution in [1.82, 2.24) is 29.6 Å². The lowest BCUT2D eigenvalue weighted by Crippen LogP contribution is -2.46. The van der Waals surface area contributed by atoms with E-state index in [0.29, 0.717) is 0 Å². The zero-order valence-corrected chi connectivity index (χ0v) is 14.2. The van der Waals surface area contributed by atoms with Crippen LogP contribution >= 0.6 is 0 Å². The third kappa shape index (κ3) is 3.19. The van der Waals surface area contributed by atoms with Crippen molar-refractivity contribution in [3.05, 3.63) is 24.5 Å². The summed E-state index contributed by atoms with van der Waals surface area (Å²) in [5.41, 5.74) is 0. The maximum Gasteiger partial charge on any atom is 0.140 e. The van der Waals surface area contributed by atoms with Crippen LogP contribution in [0, 0.1) is 0 Å². The van der Waals surface area contributed by atoms with Crippen molar-refractivity contribution < 1.29 is 0 Å². The molecule has 2 aliphatic rings. The Morgan fingerprint density at radius 1 is 0.833 bits per heavy atom. The van der Waals surface area contributed by atoms with Crippen LogP contribution in [0.2, 0.25) is 0 Å². The minimum Gasteiger partial charge on any atom is -0.356 e. The number of aromatic nitrogens is 5. The standard InChI is InChI=1S/C16H24N8/c1-21-16(19-13-20-21)11-22-6-8-24(9-7-22)15-10-14(17-12-18-15)23-4-2-3-5-23/h10,12-13H,2-9,11H2,1H3. The van der Waals surface area contributed by atoms with E-state index in [4.69, 9.17) is 0 Å². The van der Waals surface area contributed by atoms with Gasteiger partial charge in [0.2, 0.25) is 0 Å². The number of piperazine rings is 1. The van der Waals surface area contributed by atoms with Crippen LogP contribution < -0.4 is 9.80 Å². The number of hydrogen-bond acceptors (Lipinski definition) is 7. The van der Waals surface area contributed by atoms with Crippen molar-refractivity contribution in [1.29, 1.82) is 0 Å². The van der Waals surface area contributed by atoms with Gasteiger partial charge in [0.1, 0.15) is 30.1 Å². The minimum absolute atomic E-state index is 0.854. The van der Waals surface area contributed by atoms with E-state index < -0.39 is 0 Å². The van der Waals surface area contributed by atoms with Crippen molar-refractivity contribution >= 4 is 11.6 Å². The smallest absolute Gasteiger partial charge is 0.140 e. The fraction of sp³-hybridized carbons (Fsp3) is 0.625.